The monoisotopic (exact) mass is 218 g/mol. The van der Waals surface area contributed by atoms with E-state index in [9.17, 15) is 4.79 Å². The highest BCUT2D eigenvalue weighted by Gasteiger charge is 2.04. The van der Waals surface area contributed by atoms with Crippen LogP contribution in [-0.2, 0) is 9.53 Å². The van der Waals surface area contributed by atoms with E-state index in [4.69, 9.17) is 9.84 Å². The fourth-order valence-corrected chi connectivity index (χ4v) is 1.33. The Hall–Kier alpha value is -0.650. The number of hydrogen-bond acceptors (Lipinski definition) is 4. The van der Waals surface area contributed by atoms with Crippen LogP contribution in [0.15, 0.2) is 0 Å². The third-order valence-corrected chi connectivity index (χ3v) is 1.98. The minimum Gasteiger partial charge on any atom is -0.395 e. The van der Waals surface area contributed by atoms with Gasteiger partial charge in [-0.25, -0.2) is 0 Å². The van der Waals surface area contributed by atoms with Crippen molar-refractivity contribution >= 4 is 5.91 Å². The van der Waals surface area contributed by atoms with Gasteiger partial charge in [0.2, 0.25) is 5.91 Å². The van der Waals surface area contributed by atoms with Crippen molar-refractivity contribution in [2.75, 3.05) is 46.5 Å². The Morgan fingerprint density at radius 2 is 2.13 bits per heavy atom. The molecule has 0 atom stereocenters. The van der Waals surface area contributed by atoms with Crippen molar-refractivity contribution in [3.05, 3.63) is 0 Å². The number of rotatable bonds is 9. The number of nitrogens with zero attached hydrogens (tertiary/aromatic N) is 1. The number of nitrogens with one attached hydrogen (secondary N) is 1. The first-order valence-corrected chi connectivity index (χ1v) is 5.33. The third-order valence-electron chi connectivity index (χ3n) is 1.98. The quantitative estimate of drug-likeness (QED) is 0.545. The molecule has 0 aliphatic rings. The van der Waals surface area contributed by atoms with Gasteiger partial charge in [0.15, 0.2) is 0 Å². The van der Waals surface area contributed by atoms with Gasteiger partial charge in [0.1, 0.15) is 6.61 Å². The summed E-state index contributed by atoms with van der Waals surface area (Å²) in [6, 6.07) is 0. The molecule has 0 bridgehead atoms. The van der Waals surface area contributed by atoms with E-state index >= 15 is 0 Å². The van der Waals surface area contributed by atoms with Crippen LogP contribution in [0.5, 0.6) is 0 Å². The van der Waals surface area contributed by atoms with Crippen LogP contribution in [0.2, 0.25) is 0 Å². The zero-order valence-electron chi connectivity index (χ0n) is 9.66. The average molecular weight is 218 g/mol. The highest BCUT2D eigenvalue weighted by molar-refractivity contribution is 5.77. The molecular weight excluding hydrogens is 196 g/mol. The number of aliphatic hydroxyl groups is 1. The standard InChI is InChI=1S/C10H22N2O3/c1-3-5-12(7-8-13)6-4-11-10(14)9-15-2/h13H,3-9H2,1-2H3,(H,11,14). The maximum absolute atomic E-state index is 11.0. The van der Waals surface area contributed by atoms with Crippen molar-refractivity contribution in [1.82, 2.24) is 10.2 Å². The molecule has 0 heterocycles. The molecule has 2 N–H and O–H groups in total. The summed E-state index contributed by atoms with van der Waals surface area (Å²) in [5.41, 5.74) is 0. The molecule has 5 nitrogen and oxygen atoms in total. The van der Waals surface area contributed by atoms with E-state index in [1.54, 1.807) is 0 Å². The molecule has 90 valence electrons. The van der Waals surface area contributed by atoms with Crippen molar-refractivity contribution in [2.45, 2.75) is 13.3 Å². The van der Waals surface area contributed by atoms with Crippen molar-refractivity contribution < 1.29 is 14.6 Å². The average Bonchev–Trinajstić information content (AvgIpc) is 2.19. The zero-order chi connectivity index (χ0) is 11.5. The minimum absolute atomic E-state index is 0.0991. The number of ether oxygens (including phenoxy) is 1. The Morgan fingerprint density at radius 1 is 1.40 bits per heavy atom. The van der Waals surface area contributed by atoms with Crippen LogP contribution < -0.4 is 5.32 Å². The van der Waals surface area contributed by atoms with E-state index in [0.29, 0.717) is 13.1 Å². The number of amides is 1. The molecule has 0 aliphatic carbocycles. The highest BCUT2D eigenvalue weighted by Crippen LogP contribution is 1.89. The Morgan fingerprint density at radius 3 is 2.67 bits per heavy atom. The van der Waals surface area contributed by atoms with E-state index in [-0.39, 0.29) is 19.1 Å². The van der Waals surface area contributed by atoms with Gasteiger partial charge in [-0.15, -0.1) is 0 Å². The number of methoxy groups -OCH3 is 1. The Kier molecular flexibility index (Phi) is 9.46. The lowest BCUT2D eigenvalue weighted by Crippen LogP contribution is -2.37. The lowest BCUT2D eigenvalue weighted by atomic mass is 10.4. The number of carbonyl (C=O) groups is 1. The second kappa shape index (κ2) is 9.89. The molecule has 0 fully saturated rings. The molecule has 0 rings (SSSR count). The van der Waals surface area contributed by atoms with Crippen LogP contribution in [-0.4, -0.2) is 62.4 Å². The predicted molar refractivity (Wildman–Crippen MR) is 58.7 cm³/mol. The second-order valence-electron chi connectivity index (χ2n) is 3.35. The lowest BCUT2D eigenvalue weighted by Gasteiger charge is -2.20. The normalized spacial score (nSPS) is 10.7. The van der Waals surface area contributed by atoms with Crippen molar-refractivity contribution in [3.8, 4) is 0 Å². The Balaban J connectivity index is 3.55. The summed E-state index contributed by atoms with van der Waals surface area (Å²) in [4.78, 5) is 13.2. The molecular formula is C10H22N2O3. The molecule has 0 saturated heterocycles. The maximum atomic E-state index is 11.0. The van der Waals surface area contributed by atoms with Gasteiger partial charge in [-0.1, -0.05) is 6.92 Å². The molecule has 0 spiro atoms. The van der Waals surface area contributed by atoms with Gasteiger partial charge >= 0.3 is 0 Å². The summed E-state index contributed by atoms with van der Waals surface area (Å²) < 4.78 is 4.69. The van der Waals surface area contributed by atoms with E-state index < -0.39 is 0 Å². The van der Waals surface area contributed by atoms with Gasteiger partial charge in [-0.3, -0.25) is 9.69 Å². The van der Waals surface area contributed by atoms with Crippen molar-refractivity contribution in [1.29, 1.82) is 0 Å². The van der Waals surface area contributed by atoms with Gasteiger partial charge in [0.05, 0.1) is 6.61 Å². The van der Waals surface area contributed by atoms with Crippen molar-refractivity contribution in [2.24, 2.45) is 0 Å². The minimum atomic E-state index is -0.0991. The van der Waals surface area contributed by atoms with Crippen LogP contribution in [0, 0.1) is 0 Å². The number of hydrogen-bond donors (Lipinski definition) is 2. The molecule has 0 aromatic heterocycles. The summed E-state index contributed by atoms with van der Waals surface area (Å²) >= 11 is 0. The van der Waals surface area contributed by atoms with E-state index in [0.717, 1.165) is 19.5 Å². The van der Waals surface area contributed by atoms with Gasteiger partial charge < -0.3 is 15.2 Å². The molecule has 5 heteroatoms. The van der Waals surface area contributed by atoms with Gasteiger partial charge in [-0.2, -0.15) is 0 Å². The fraction of sp³-hybridized carbons (Fsp3) is 0.900. The fourth-order valence-electron chi connectivity index (χ4n) is 1.33. The van der Waals surface area contributed by atoms with Crippen LogP contribution in [0.3, 0.4) is 0 Å². The van der Waals surface area contributed by atoms with Gasteiger partial charge in [0.25, 0.3) is 0 Å². The molecule has 0 aliphatic heterocycles. The first-order chi connectivity index (χ1) is 7.24. The largest absolute Gasteiger partial charge is 0.395 e. The van der Waals surface area contributed by atoms with Crippen LogP contribution in [0.4, 0.5) is 0 Å². The second-order valence-corrected chi connectivity index (χ2v) is 3.35. The number of aliphatic hydroxyl groups excluding tert-OH is 1. The van der Waals surface area contributed by atoms with E-state index in [1.807, 2.05) is 0 Å². The Labute approximate surface area is 91.4 Å². The topological polar surface area (TPSA) is 61.8 Å². The first-order valence-electron chi connectivity index (χ1n) is 5.33. The smallest absolute Gasteiger partial charge is 0.246 e. The molecule has 0 aromatic rings. The SMILES string of the molecule is CCCN(CCO)CCNC(=O)COC. The van der Waals surface area contributed by atoms with Crippen LogP contribution in [0.1, 0.15) is 13.3 Å². The summed E-state index contributed by atoms with van der Waals surface area (Å²) in [5.74, 6) is -0.0991. The summed E-state index contributed by atoms with van der Waals surface area (Å²) in [6.45, 7) is 5.33. The van der Waals surface area contributed by atoms with Crippen LogP contribution in [0.25, 0.3) is 0 Å². The predicted octanol–water partition coefficient (Wildman–Crippen LogP) is -0.547. The molecule has 15 heavy (non-hydrogen) atoms. The van der Waals surface area contributed by atoms with E-state index in [2.05, 4.69) is 17.1 Å². The van der Waals surface area contributed by atoms with Crippen molar-refractivity contribution in [3.63, 3.8) is 0 Å². The third kappa shape index (κ3) is 8.35. The zero-order valence-corrected chi connectivity index (χ0v) is 9.66. The van der Waals surface area contributed by atoms with E-state index in [1.165, 1.54) is 7.11 Å². The molecule has 0 unspecified atom stereocenters. The maximum Gasteiger partial charge on any atom is 0.246 e. The summed E-state index contributed by atoms with van der Waals surface area (Å²) in [6.07, 6.45) is 1.05. The first kappa shape index (κ1) is 14.3. The molecule has 0 radical (unpaired) electrons. The highest BCUT2D eigenvalue weighted by atomic mass is 16.5. The number of carbonyl (C=O) groups excluding carboxylic acids is 1. The molecule has 0 aromatic carbocycles. The Bertz CT molecular complexity index is 159. The molecule has 0 saturated carbocycles. The van der Waals surface area contributed by atoms with Gasteiger partial charge in [0, 0.05) is 26.7 Å². The van der Waals surface area contributed by atoms with Crippen LogP contribution >= 0.6 is 0 Å². The lowest BCUT2D eigenvalue weighted by molar-refractivity contribution is -0.124. The molecule has 1 amide bonds. The summed E-state index contributed by atoms with van der Waals surface area (Å²) in [7, 11) is 1.49. The van der Waals surface area contributed by atoms with Gasteiger partial charge in [-0.05, 0) is 13.0 Å². The summed E-state index contributed by atoms with van der Waals surface area (Å²) in [5, 5.41) is 11.6.